The fourth-order valence-corrected chi connectivity index (χ4v) is 1.96. The van der Waals surface area contributed by atoms with E-state index in [9.17, 15) is 13.6 Å². The van der Waals surface area contributed by atoms with Gasteiger partial charge >= 0.3 is 5.97 Å². The van der Waals surface area contributed by atoms with Gasteiger partial charge in [0.25, 0.3) is 0 Å². The molecule has 0 unspecified atom stereocenters. The average molecular weight is 291 g/mol. The molecule has 1 N–H and O–H groups in total. The van der Waals surface area contributed by atoms with Gasteiger partial charge in [0, 0.05) is 12.2 Å². The zero-order valence-electron chi connectivity index (χ0n) is 11.7. The van der Waals surface area contributed by atoms with Gasteiger partial charge in [-0.3, -0.25) is 0 Å². The Kier molecular flexibility index (Phi) is 4.52. The second-order valence-corrected chi connectivity index (χ2v) is 4.62. The number of aryl methyl sites for hydroxylation is 1. The predicted octanol–water partition coefficient (Wildman–Crippen LogP) is 3.67. The molecule has 0 saturated heterocycles. The Morgan fingerprint density at radius 3 is 2.62 bits per heavy atom. The molecule has 21 heavy (non-hydrogen) atoms. The van der Waals surface area contributed by atoms with E-state index in [0.29, 0.717) is 17.8 Å². The van der Waals surface area contributed by atoms with Crippen LogP contribution < -0.4 is 5.32 Å². The smallest absolute Gasteiger partial charge is 0.340 e. The third-order valence-electron chi connectivity index (χ3n) is 3.09. The normalized spacial score (nSPS) is 10.3. The fraction of sp³-hybridized carbons (Fsp3) is 0.188. The Balaban J connectivity index is 2.19. The Hall–Kier alpha value is -2.43. The zero-order valence-corrected chi connectivity index (χ0v) is 11.7. The van der Waals surface area contributed by atoms with Gasteiger partial charge in [0.2, 0.25) is 0 Å². The van der Waals surface area contributed by atoms with Crippen molar-refractivity contribution in [2.24, 2.45) is 0 Å². The minimum atomic E-state index is -0.618. The highest BCUT2D eigenvalue weighted by molar-refractivity contribution is 5.95. The van der Waals surface area contributed by atoms with Crippen molar-refractivity contribution in [3.8, 4) is 0 Å². The van der Waals surface area contributed by atoms with Crippen LogP contribution in [0.25, 0.3) is 0 Å². The van der Waals surface area contributed by atoms with Gasteiger partial charge in [0.05, 0.1) is 12.7 Å². The van der Waals surface area contributed by atoms with Gasteiger partial charge in [-0.25, -0.2) is 13.6 Å². The number of anilines is 1. The van der Waals surface area contributed by atoms with Gasteiger partial charge in [-0.05, 0) is 42.3 Å². The molecular weight excluding hydrogens is 276 g/mol. The monoisotopic (exact) mass is 291 g/mol. The molecule has 2 aromatic rings. The number of hydrogen-bond donors (Lipinski definition) is 1. The maximum atomic E-state index is 13.2. The number of halogens is 2. The van der Waals surface area contributed by atoms with E-state index in [0.717, 1.165) is 11.6 Å². The first-order valence-corrected chi connectivity index (χ1v) is 6.38. The van der Waals surface area contributed by atoms with Crippen molar-refractivity contribution < 1.29 is 18.3 Å². The van der Waals surface area contributed by atoms with Gasteiger partial charge in [0.15, 0.2) is 0 Å². The van der Waals surface area contributed by atoms with E-state index in [1.165, 1.54) is 25.3 Å². The molecule has 5 heteroatoms. The summed E-state index contributed by atoms with van der Waals surface area (Å²) in [7, 11) is 1.24. The van der Waals surface area contributed by atoms with E-state index in [1.54, 1.807) is 19.1 Å². The second kappa shape index (κ2) is 6.35. The van der Waals surface area contributed by atoms with Crippen LogP contribution in [0.3, 0.4) is 0 Å². The molecule has 0 aliphatic heterocycles. The molecule has 0 aliphatic carbocycles. The maximum absolute atomic E-state index is 13.2. The minimum Gasteiger partial charge on any atom is -0.465 e. The van der Waals surface area contributed by atoms with Crippen molar-refractivity contribution in [2.75, 3.05) is 12.4 Å². The Labute approximate surface area is 121 Å². The van der Waals surface area contributed by atoms with Crippen LogP contribution >= 0.6 is 0 Å². The average Bonchev–Trinajstić information content (AvgIpc) is 2.48. The van der Waals surface area contributed by atoms with Crippen molar-refractivity contribution in [1.29, 1.82) is 0 Å². The van der Waals surface area contributed by atoms with Crippen molar-refractivity contribution in [3.05, 3.63) is 64.7 Å². The molecule has 0 atom stereocenters. The molecule has 0 radical (unpaired) electrons. The van der Waals surface area contributed by atoms with Gasteiger partial charge < -0.3 is 10.1 Å². The van der Waals surface area contributed by atoms with Crippen LogP contribution in [0.15, 0.2) is 36.4 Å². The summed E-state index contributed by atoms with van der Waals surface area (Å²) in [5.41, 5.74) is 1.98. The summed E-state index contributed by atoms with van der Waals surface area (Å²) in [5, 5.41) is 3.03. The molecule has 2 aromatic carbocycles. The molecule has 0 heterocycles. The zero-order chi connectivity index (χ0) is 15.4. The van der Waals surface area contributed by atoms with E-state index < -0.39 is 11.8 Å². The van der Waals surface area contributed by atoms with E-state index in [4.69, 9.17) is 0 Å². The number of rotatable bonds is 4. The molecule has 2 rings (SSSR count). The minimum absolute atomic E-state index is 0.122. The first-order chi connectivity index (χ1) is 10.0. The number of hydrogen-bond acceptors (Lipinski definition) is 3. The van der Waals surface area contributed by atoms with Gasteiger partial charge in [0.1, 0.15) is 11.6 Å². The first kappa shape index (κ1) is 15.0. The molecule has 0 bridgehead atoms. The van der Waals surface area contributed by atoms with Gasteiger partial charge in [-0.15, -0.1) is 0 Å². The van der Waals surface area contributed by atoms with Crippen LogP contribution in [0.2, 0.25) is 0 Å². The van der Waals surface area contributed by atoms with Crippen molar-refractivity contribution >= 4 is 11.7 Å². The molecule has 0 amide bonds. The van der Waals surface area contributed by atoms with E-state index >= 15 is 0 Å². The van der Waals surface area contributed by atoms with Crippen molar-refractivity contribution in [2.45, 2.75) is 13.5 Å². The lowest BCUT2D eigenvalue weighted by molar-refractivity contribution is 0.0601. The second-order valence-electron chi connectivity index (χ2n) is 4.62. The predicted molar refractivity (Wildman–Crippen MR) is 76.2 cm³/mol. The molecule has 110 valence electrons. The van der Waals surface area contributed by atoms with Crippen LogP contribution in [0.4, 0.5) is 14.5 Å². The highest BCUT2D eigenvalue weighted by Gasteiger charge is 2.13. The SMILES string of the molecule is COC(=O)c1cc(F)ccc1NCc1ccc(F)c(C)c1. The van der Waals surface area contributed by atoms with Crippen LogP contribution in [0, 0.1) is 18.6 Å². The Morgan fingerprint density at radius 1 is 1.19 bits per heavy atom. The van der Waals surface area contributed by atoms with Crippen LogP contribution in [0.5, 0.6) is 0 Å². The van der Waals surface area contributed by atoms with Crippen LogP contribution in [-0.4, -0.2) is 13.1 Å². The van der Waals surface area contributed by atoms with Crippen LogP contribution in [-0.2, 0) is 11.3 Å². The third kappa shape index (κ3) is 3.56. The number of carbonyl (C=O) groups is 1. The first-order valence-electron chi connectivity index (χ1n) is 6.38. The summed E-state index contributed by atoms with van der Waals surface area (Å²) in [6.07, 6.45) is 0. The van der Waals surface area contributed by atoms with Crippen LogP contribution in [0.1, 0.15) is 21.5 Å². The lowest BCUT2D eigenvalue weighted by Gasteiger charge is -2.11. The summed E-state index contributed by atoms with van der Waals surface area (Å²) in [6, 6.07) is 8.59. The number of nitrogens with one attached hydrogen (secondary N) is 1. The molecule has 0 spiro atoms. The maximum Gasteiger partial charge on any atom is 0.340 e. The molecule has 3 nitrogen and oxygen atoms in total. The molecule has 0 fully saturated rings. The summed E-state index contributed by atoms with van der Waals surface area (Å²) >= 11 is 0. The van der Waals surface area contributed by atoms with Gasteiger partial charge in [-0.2, -0.15) is 0 Å². The standard InChI is InChI=1S/C16H15F2NO2/c1-10-7-11(3-5-14(10)18)9-19-15-6-4-12(17)8-13(15)16(20)21-2/h3-8,19H,9H2,1-2H3. The largest absolute Gasteiger partial charge is 0.465 e. The number of esters is 1. The van der Waals surface area contributed by atoms with E-state index in [-0.39, 0.29) is 11.4 Å². The molecular formula is C16H15F2NO2. The third-order valence-corrected chi connectivity index (χ3v) is 3.09. The topological polar surface area (TPSA) is 38.3 Å². The summed E-state index contributed by atoms with van der Waals surface area (Å²) in [5.74, 6) is -1.40. The molecule has 0 aromatic heterocycles. The lowest BCUT2D eigenvalue weighted by atomic mass is 10.1. The van der Waals surface area contributed by atoms with E-state index in [2.05, 4.69) is 10.1 Å². The summed E-state index contributed by atoms with van der Waals surface area (Å²) < 4.78 is 31.0. The van der Waals surface area contributed by atoms with Crippen molar-refractivity contribution in [3.63, 3.8) is 0 Å². The Morgan fingerprint density at radius 2 is 1.95 bits per heavy atom. The number of ether oxygens (including phenoxy) is 1. The number of benzene rings is 2. The van der Waals surface area contributed by atoms with Crippen molar-refractivity contribution in [1.82, 2.24) is 0 Å². The van der Waals surface area contributed by atoms with E-state index in [1.807, 2.05) is 0 Å². The fourth-order valence-electron chi connectivity index (χ4n) is 1.96. The highest BCUT2D eigenvalue weighted by Crippen LogP contribution is 2.19. The quantitative estimate of drug-likeness (QED) is 0.873. The Bertz CT molecular complexity index is 671. The number of carbonyl (C=O) groups excluding carboxylic acids is 1. The summed E-state index contributed by atoms with van der Waals surface area (Å²) in [4.78, 5) is 11.6. The van der Waals surface area contributed by atoms with Gasteiger partial charge in [-0.1, -0.05) is 12.1 Å². The molecule has 0 aliphatic rings. The highest BCUT2D eigenvalue weighted by atomic mass is 19.1. The number of methoxy groups -OCH3 is 1. The summed E-state index contributed by atoms with van der Waals surface area (Å²) in [6.45, 7) is 2.06. The molecule has 0 saturated carbocycles. The lowest BCUT2D eigenvalue weighted by Crippen LogP contribution is -2.09.